The standard InChI is InChI=1S/C17H26N2O3/c1-12(13-6-5-7-14(10-13)21-4)18-11-15-8-9-16(22-15)17(20)19(2)3/h5-7,10,12,15-16,18H,8-9,11H2,1-4H3/t12-,15+,16+/m0/s1. The molecule has 1 heterocycles. The van der Waals surface area contributed by atoms with Gasteiger partial charge in [0, 0.05) is 26.7 Å². The normalized spacial score (nSPS) is 22.4. The SMILES string of the molecule is COc1cccc([C@H](C)NC[C@H]2CC[C@H](C(=O)N(C)C)O2)c1. The van der Waals surface area contributed by atoms with Crippen molar-refractivity contribution in [2.24, 2.45) is 0 Å². The number of ether oxygens (including phenoxy) is 2. The molecule has 1 aromatic rings. The molecule has 0 saturated carbocycles. The van der Waals surface area contributed by atoms with Crippen molar-refractivity contribution in [2.45, 2.75) is 38.0 Å². The molecule has 5 nitrogen and oxygen atoms in total. The van der Waals surface area contributed by atoms with Gasteiger partial charge in [-0.2, -0.15) is 0 Å². The van der Waals surface area contributed by atoms with Crippen molar-refractivity contribution in [1.29, 1.82) is 0 Å². The number of rotatable bonds is 6. The summed E-state index contributed by atoms with van der Waals surface area (Å²) in [6.07, 6.45) is 1.54. The zero-order valence-electron chi connectivity index (χ0n) is 13.8. The fourth-order valence-electron chi connectivity index (χ4n) is 2.66. The van der Waals surface area contributed by atoms with Crippen LogP contribution in [0.15, 0.2) is 24.3 Å². The van der Waals surface area contributed by atoms with Gasteiger partial charge in [0.1, 0.15) is 11.9 Å². The van der Waals surface area contributed by atoms with Gasteiger partial charge < -0.3 is 19.7 Å². The number of amides is 1. The predicted octanol–water partition coefficient (Wildman–Crippen LogP) is 1.98. The molecule has 1 amide bonds. The van der Waals surface area contributed by atoms with Crippen molar-refractivity contribution in [3.63, 3.8) is 0 Å². The molecule has 22 heavy (non-hydrogen) atoms. The van der Waals surface area contributed by atoms with Crippen LogP contribution >= 0.6 is 0 Å². The number of hydrogen-bond donors (Lipinski definition) is 1. The zero-order chi connectivity index (χ0) is 16.1. The molecule has 122 valence electrons. The number of benzene rings is 1. The summed E-state index contributed by atoms with van der Waals surface area (Å²) in [6.45, 7) is 2.86. The molecule has 0 bridgehead atoms. The van der Waals surface area contributed by atoms with Crippen LogP contribution in [0.2, 0.25) is 0 Å². The summed E-state index contributed by atoms with van der Waals surface area (Å²) in [5, 5.41) is 3.48. The van der Waals surface area contributed by atoms with Crippen LogP contribution < -0.4 is 10.1 Å². The number of carbonyl (C=O) groups is 1. The smallest absolute Gasteiger partial charge is 0.251 e. The van der Waals surface area contributed by atoms with E-state index in [4.69, 9.17) is 9.47 Å². The molecule has 1 aliphatic heterocycles. The van der Waals surface area contributed by atoms with Gasteiger partial charge in [0.2, 0.25) is 0 Å². The first-order valence-electron chi connectivity index (χ1n) is 7.75. The van der Waals surface area contributed by atoms with E-state index in [0.717, 1.165) is 25.1 Å². The van der Waals surface area contributed by atoms with Crippen molar-refractivity contribution in [3.8, 4) is 5.75 Å². The lowest BCUT2D eigenvalue weighted by atomic mass is 10.1. The van der Waals surface area contributed by atoms with Crippen LogP contribution in [0.1, 0.15) is 31.4 Å². The van der Waals surface area contributed by atoms with Crippen molar-refractivity contribution < 1.29 is 14.3 Å². The van der Waals surface area contributed by atoms with Crippen LogP contribution in [0, 0.1) is 0 Å². The highest BCUT2D eigenvalue weighted by Gasteiger charge is 2.31. The van der Waals surface area contributed by atoms with E-state index in [0.29, 0.717) is 0 Å². The van der Waals surface area contributed by atoms with Gasteiger partial charge in [-0.25, -0.2) is 0 Å². The van der Waals surface area contributed by atoms with E-state index in [9.17, 15) is 4.79 Å². The molecule has 1 aromatic carbocycles. The molecular weight excluding hydrogens is 280 g/mol. The highest BCUT2D eigenvalue weighted by Crippen LogP contribution is 2.22. The maximum atomic E-state index is 11.9. The second kappa shape index (κ2) is 7.61. The van der Waals surface area contributed by atoms with Gasteiger partial charge in [0.15, 0.2) is 0 Å². The van der Waals surface area contributed by atoms with Crippen molar-refractivity contribution in [1.82, 2.24) is 10.2 Å². The molecule has 1 N–H and O–H groups in total. The summed E-state index contributed by atoms with van der Waals surface area (Å²) >= 11 is 0. The first kappa shape index (κ1) is 16.8. The van der Waals surface area contributed by atoms with Crippen molar-refractivity contribution >= 4 is 5.91 Å². The first-order chi connectivity index (χ1) is 10.5. The lowest BCUT2D eigenvalue weighted by Crippen LogP contribution is -2.35. The van der Waals surface area contributed by atoms with Crippen LogP contribution in [0.25, 0.3) is 0 Å². The number of likely N-dealkylation sites (N-methyl/N-ethyl adjacent to an activating group) is 1. The van der Waals surface area contributed by atoms with Crippen LogP contribution in [0.3, 0.4) is 0 Å². The Labute approximate surface area is 132 Å². The van der Waals surface area contributed by atoms with Gasteiger partial charge in [-0.1, -0.05) is 12.1 Å². The fourth-order valence-corrected chi connectivity index (χ4v) is 2.66. The minimum absolute atomic E-state index is 0.0587. The van der Waals surface area contributed by atoms with Gasteiger partial charge in [0.25, 0.3) is 5.91 Å². The molecule has 0 aliphatic carbocycles. The average molecular weight is 306 g/mol. The van der Waals surface area contributed by atoms with Crippen LogP contribution in [0.5, 0.6) is 5.75 Å². The minimum Gasteiger partial charge on any atom is -0.497 e. The Hall–Kier alpha value is -1.59. The molecule has 1 saturated heterocycles. The second-order valence-electron chi connectivity index (χ2n) is 5.96. The van der Waals surface area contributed by atoms with Gasteiger partial charge >= 0.3 is 0 Å². The third-order valence-electron chi connectivity index (χ3n) is 4.07. The molecule has 0 spiro atoms. The summed E-state index contributed by atoms with van der Waals surface area (Å²) in [4.78, 5) is 13.5. The predicted molar refractivity (Wildman–Crippen MR) is 86.0 cm³/mol. The van der Waals surface area contributed by atoms with E-state index in [-0.39, 0.29) is 24.2 Å². The highest BCUT2D eigenvalue weighted by atomic mass is 16.5. The summed E-state index contributed by atoms with van der Waals surface area (Å²) in [5.41, 5.74) is 1.18. The van der Waals surface area contributed by atoms with Crippen LogP contribution in [-0.2, 0) is 9.53 Å². The third kappa shape index (κ3) is 4.21. The van der Waals surface area contributed by atoms with E-state index in [1.165, 1.54) is 5.56 Å². The van der Waals surface area contributed by atoms with E-state index in [1.54, 1.807) is 26.1 Å². The van der Waals surface area contributed by atoms with Crippen LogP contribution in [-0.4, -0.2) is 50.8 Å². The molecule has 3 atom stereocenters. The quantitative estimate of drug-likeness (QED) is 0.873. The van der Waals surface area contributed by atoms with Crippen molar-refractivity contribution in [2.75, 3.05) is 27.7 Å². The number of hydrogen-bond acceptors (Lipinski definition) is 4. The summed E-state index contributed by atoms with van der Waals surface area (Å²) in [5.74, 6) is 0.920. The Kier molecular flexibility index (Phi) is 5.80. The van der Waals surface area contributed by atoms with Crippen molar-refractivity contribution in [3.05, 3.63) is 29.8 Å². The maximum Gasteiger partial charge on any atom is 0.251 e. The molecule has 0 unspecified atom stereocenters. The van der Waals surface area contributed by atoms with E-state index >= 15 is 0 Å². The molecule has 2 rings (SSSR count). The molecule has 0 aromatic heterocycles. The summed E-state index contributed by atoms with van der Waals surface area (Å²) in [6, 6.07) is 8.25. The number of nitrogens with one attached hydrogen (secondary N) is 1. The molecule has 0 radical (unpaired) electrons. The molecule has 5 heteroatoms. The molecule has 1 fully saturated rings. The maximum absolute atomic E-state index is 11.9. The van der Waals surface area contributed by atoms with E-state index < -0.39 is 0 Å². The first-order valence-corrected chi connectivity index (χ1v) is 7.75. The minimum atomic E-state index is -0.283. The number of methoxy groups -OCH3 is 1. The van der Waals surface area contributed by atoms with Gasteiger partial charge in [-0.3, -0.25) is 4.79 Å². The van der Waals surface area contributed by atoms with E-state index in [1.807, 2.05) is 18.2 Å². The lowest BCUT2D eigenvalue weighted by Gasteiger charge is -2.20. The van der Waals surface area contributed by atoms with E-state index in [2.05, 4.69) is 18.3 Å². The lowest BCUT2D eigenvalue weighted by molar-refractivity contribution is -0.140. The largest absolute Gasteiger partial charge is 0.497 e. The number of nitrogens with zero attached hydrogens (tertiary/aromatic N) is 1. The fraction of sp³-hybridized carbons (Fsp3) is 0.588. The third-order valence-corrected chi connectivity index (χ3v) is 4.07. The summed E-state index contributed by atoms with van der Waals surface area (Å²) < 4.78 is 11.1. The Morgan fingerprint density at radius 3 is 2.91 bits per heavy atom. The summed E-state index contributed by atoms with van der Waals surface area (Å²) in [7, 11) is 5.20. The van der Waals surface area contributed by atoms with Gasteiger partial charge in [-0.15, -0.1) is 0 Å². The number of carbonyl (C=O) groups excluding carboxylic acids is 1. The van der Waals surface area contributed by atoms with Crippen LogP contribution in [0.4, 0.5) is 0 Å². The second-order valence-corrected chi connectivity index (χ2v) is 5.96. The monoisotopic (exact) mass is 306 g/mol. The van der Waals surface area contributed by atoms with Gasteiger partial charge in [-0.05, 0) is 37.5 Å². The topological polar surface area (TPSA) is 50.8 Å². The average Bonchev–Trinajstić information content (AvgIpc) is 3.00. The zero-order valence-corrected chi connectivity index (χ0v) is 13.8. The molecule has 1 aliphatic rings. The Morgan fingerprint density at radius 1 is 1.45 bits per heavy atom. The Balaban J connectivity index is 1.82. The molecular formula is C17H26N2O3. The highest BCUT2D eigenvalue weighted by molar-refractivity contribution is 5.80. The van der Waals surface area contributed by atoms with Gasteiger partial charge in [0.05, 0.1) is 13.2 Å². The Bertz CT molecular complexity index is 504. The Morgan fingerprint density at radius 2 is 2.23 bits per heavy atom.